The monoisotopic (exact) mass is 362 g/mol. The van der Waals surface area contributed by atoms with E-state index in [-0.39, 0.29) is 23.7 Å². The van der Waals surface area contributed by atoms with E-state index in [0.717, 1.165) is 17.6 Å². The van der Waals surface area contributed by atoms with Gasteiger partial charge in [-0.05, 0) is 36.6 Å². The standard InChI is InChI=1S/C21H22N4O2/c26-20(23-10-8-14-12-24-19-7-2-1-6-16(14)19)17-11-18(17)21(27)25-13-15-5-3-4-9-22-15/h1-7,9,12,17-18,24H,8,10-11,13H2,(H,23,26)(H,25,27). The second kappa shape index (κ2) is 7.61. The number of hydrogen-bond acceptors (Lipinski definition) is 3. The molecule has 4 rings (SSSR count). The summed E-state index contributed by atoms with van der Waals surface area (Å²) < 4.78 is 0. The molecule has 1 saturated carbocycles. The fraction of sp³-hybridized carbons (Fsp3) is 0.286. The summed E-state index contributed by atoms with van der Waals surface area (Å²) in [5, 5.41) is 7.00. The van der Waals surface area contributed by atoms with E-state index in [9.17, 15) is 9.59 Å². The van der Waals surface area contributed by atoms with E-state index in [1.54, 1.807) is 6.20 Å². The smallest absolute Gasteiger partial charge is 0.224 e. The molecule has 1 fully saturated rings. The molecule has 0 spiro atoms. The molecule has 1 aliphatic carbocycles. The molecule has 6 heteroatoms. The first-order valence-corrected chi connectivity index (χ1v) is 9.22. The zero-order valence-electron chi connectivity index (χ0n) is 14.9. The van der Waals surface area contributed by atoms with Crippen molar-refractivity contribution in [2.75, 3.05) is 6.54 Å². The first-order chi connectivity index (χ1) is 13.2. The van der Waals surface area contributed by atoms with E-state index >= 15 is 0 Å². The third-order valence-electron chi connectivity index (χ3n) is 5.00. The van der Waals surface area contributed by atoms with Crippen LogP contribution in [0.2, 0.25) is 0 Å². The highest BCUT2D eigenvalue weighted by Crippen LogP contribution is 2.38. The molecule has 2 heterocycles. The van der Waals surface area contributed by atoms with Crippen molar-refractivity contribution in [3.63, 3.8) is 0 Å². The molecule has 138 valence electrons. The SMILES string of the molecule is O=C(NCCc1c[nH]c2ccccc12)C1CC1C(=O)NCc1ccccn1. The van der Waals surface area contributed by atoms with Gasteiger partial charge in [-0.25, -0.2) is 0 Å². The van der Waals surface area contributed by atoms with Gasteiger partial charge in [0.15, 0.2) is 0 Å². The average Bonchev–Trinajstić information content (AvgIpc) is 3.42. The third kappa shape index (κ3) is 4.00. The van der Waals surface area contributed by atoms with Crippen LogP contribution in [0, 0.1) is 11.8 Å². The van der Waals surface area contributed by atoms with Crippen LogP contribution >= 0.6 is 0 Å². The number of carbonyl (C=O) groups is 2. The van der Waals surface area contributed by atoms with Crippen LogP contribution in [0.25, 0.3) is 10.9 Å². The van der Waals surface area contributed by atoms with Crippen molar-refractivity contribution < 1.29 is 9.59 Å². The van der Waals surface area contributed by atoms with Crippen LogP contribution in [0.4, 0.5) is 0 Å². The van der Waals surface area contributed by atoms with E-state index in [1.165, 1.54) is 10.9 Å². The third-order valence-corrected chi connectivity index (χ3v) is 5.00. The second-order valence-corrected chi connectivity index (χ2v) is 6.89. The number of rotatable bonds is 7. The van der Waals surface area contributed by atoms with Crippen LogP contribution in [0.15, 0.2) is 54.9 Å². The maximum absolute atomic E-state index is 12.3. The first kappa shape index (κ1) is 17.3. The van der Waals surface area contributed by atoms with Crippen molar-refractivity contribution in [2.24, 2.45) is 11.8 Å². The lowest BCUT2D eigenvalue weighted by Crippen LogP contribution is -2.31. The molecule has 0 saturated heterocycles. The van der Waals surface area contributed by atoms with Crippen LogP contribution in [0.5, 0.6) is 0 Å². The van der Waals surface area contributed by atoms with Gasteiger partial charge in [-0.2, -0.15) is 0 Å². The van der Waals surface area contributed by atoms with E-state index < -0.39 is 0 Å². The topological polar surface area (TPSA) is 86.9 Å². The van der Waals surface area contributed by atoms with Crippen LogP contribution in [-0.4, -0.2) is 28.3 Å². The second-order valence-electron chi connectivity index (χ2n) is 6.89. The van der Waals surface area contributed by atoms with Gasteiger partial charge in [0.05, 0.1) is 24.1 Å². The fourth-order valence-corrected chi connectivity index (χ4v) is 3.38. The Hall–Kier alpha value is -3.15. The van der Waals surface area contributed by atoms with E-state index in [1.807, 2.05) is 42.6 Å². The molecule has 3 aromatic rings. The van der Waals surface area contributed by atoms with Gasteiger partial charge in [-0.1, -0.05) is 24.3 Å². The minimum atomic E-state index is -0.221. The van der Waals surface area contributed by atoms with Gasteiger partial charge < -0.3 is 15.6 Å². The summed E-state index contributed by atoms with van der Waals surface area (Å²) in [7, 11) is 0. The highest BCUT2D eigenvalue weighted by Gasteiger charge is 2.47. The lowest BCUT2D eigenvalue weighted by molar-refractivity contribution is -0.127. The summed E-state index contributed by atoms with van der Waals surface area (Å²) in [6, 6.07) is 13.7. The Morgan fingerprint density at radius 2 is 1.81 bits per heavy atom. The minimum absolute atomic E-state index is 0.0344. The number of fused-ring (bicyclic) bond motifs is 1. The van der Waals surface area contributed by atoms with Crippen molar-refractivity contribution in [3.05, 3.63) is 66.1 Å². The average molecular weight is 362 g/mol. The Labute approximate surface area is 157 Å². The molecule has 3 N–H and O–H groups in total. The summed E-state index contributed by atoms with van der Waals surface area (Å²) in [5.74, 6) is -0.538. The Kier molecular flexibility index (Phi) is 4.87. The fourth-order valence-electron chi connectivity index (χ4n) is 3.38. The number of aromatic nitrogens is 2. The molecule has 1 aliphatic rings. The van der Waals surface area contributed by atoms with Crippen molar-refractivity contribution in [3.8, 4) is 0 Å². The van der Waals surface area contributed by atoms with Crippen molar-refractivity contribution >= 4 is 22.7 Å². The predicted molar refractivity (Wildman–Crippen MR) is 103 cm³/mol. The molecule has 0 radical (unpaired) electrons. The molecule has 1 aromatic carbocycles. The van der Waals surface area contributed by atoms with Gasteiger partial charge in [0.1, 0.15) is 0 Å². The van der Waals surface area contributed by atoms with E-state index in [0.29, 0.717) is 19.5 Å². The van der Waals surface area contributed by atoms with Gasteiger partial charge in [-0.15, -0.1) is 0 Å². The lowest BCUT2D eigenvalue weighted by Gasteiger charge is -2.06. The number of aromatic amines is 1. The molecule has 27 heavy (non-hydrogen) atoms. The van der Waals surface area contributed by atoms with Crippen LogP contribution in [0.3, 0.4) is 0 Å². The van der Waals surface area contributed by atoms with Crippen molar-refractivity contribution in [1.82, 2.24) is 20.6 Å². The maximum Gasteiger partial charge on any atom is 0.224 e. The lowest BCUT2D eigenvalue weighted by atomic mass is 10.1. The Bertz CT molecular complexity index is 951. The molecule has 2 amide bonds. The van der Waals surface area contributed by atoms with Crippen molar-refractivity contribution in [1.29, 1.82) is 0 Å². The van der Waals surface area contributed by atoms with E-state index in [4.69, 9.17) is 0 Å². The number of amides is 2. The van der Waals surface area contributed by atoms with Gasteiger partial charge in [0, 0.05) is 29.8 Å². The number of hydrogen-bond donors (Lipinski definition) is 3. The molecule has 2 aromatic heterocycles. The summed E-state index contributed by atoms with van der Waals surface area (Å²) in [6.45, 7) is 0.963. The Morgan fingerprint density at radius 3 is 2.63 bits per heavy atom. The number of pyridine rings is 1. The number of nitrogens with zero attached hydrogens (tertiary/aromatic N) is 1. The zero-order valence-corrected chi connectivity index (χ0v) is 14.9. The number of nitrogens with one attached hydrogen (secondary N) is 3. The highest BCUT2D eigenvalue weighted by molar-refractivity contribution is 5.92. The molecule has 0 bridgehead atoms. The van der Waals surface area contributed by atoms with Crippen LogP contribution < -0.4 is 10.6 Å². The van der Waals surface area contributed by atoms with Crippen LogP contribution in [-0.2, 0) is 22.6 Å². The van der Waals surface area contributed by atoms with Gasteiger partial charge in [-0.3, -0.25) is 14.6 Å². The Balaban J connectivity index is 1.21. The highest BCUT2D eigenvalue weighted by atomic mass is 16.2. The predicted octanol–water partition coefficient (Wildman–Crippen LogP) is 2.17. The number of carbonyl (C=O) groups excluding carboxylic acids is 2. The Morgan fingerprint density at radius 1 is 1.04 bits per heavy atom. The van der Waals surface area contributed by atoms with E-state index in [2.05, 4.69) is 26.7 Å². The number of benzene rings is 1. The summed E-state index contributed by atoms with van der Waals surface area (Å²) in [6.07, 6.45) is 5.07. The summed E-state index contributed by atoms with van der Waals surface area (Å²) in [4.78, 5) is 31.9. The number of H-pyrrole nitrogens is 1. The van der Waals surface area contributed by atoms with Gasteiger partial charge in [0.25, 0.3) is 0 Å². The molecule has 6 nitrogen and oxygen atoms in total. The summed E-state index contributed by atoms with van der Waals surface area (Å²) in [5.41, 5.74) is 3.10. The first-order valence-electron chi connectivity index (χ1n) is 9.22. The molecule has 2 unspecified atom stereocenters. The molecular weight excluding hydrogens is 340 g/mol. The molecular formula is C21H22N4O2. The van der Waals surface area contributed by atoms with Crippen LogP contribution in [0.1, 0.15) is 17.7 Å². The largest absolute Gasteiger partial charge is 0.361 e. The van der Waals surface area contributed by atoms with Gasteiger partial charge >= 0.3 is 0 Å². The summed E-state index contributed by atoms with van der Waals surface area (Å²) >= 11 is 0. The van der Waals surface area contributed by atoms with Gasteiger partial charge in [0.2, 0.25) is 11.8 Å². The number of para-hydroxylation sites is 1. The normalized spacial score (nSPS) is 18.2. The zero-order chi connectivity index (χ0) is 18.6. The van der Waals surface area contributed by atoms with Crippen molar-refractivity contribution in [2.45, 2.75) is 19.4 Å². The quantitative estimate of drug-likeness (QED) is 0.602. The minimum Gasteiger partial charge on any atom is -0.361 e. The maximum atomic E-state index is 12.3. The molecule has 0 aliphatic heterocycles. The molecule has 2 atom stereocenters.